The molecule has 0 heterocycles. The Balaban J connectivity index is 2.53. The van der Waals surface area contributed by atoms with Gasteiger partial charge in [-0.05, 0) is 18.6 Å². The molecule has 0 aliphatic heterocycles. The summed E-state index contributed by atoms with van der Waals surface area (Å²) in [5, 5.41) is 8.95. The number of rotatable bonds is 4. The third kappa shape index (κ3) is 3.52. The smallest absolute Gasteiger partial charge is 0.0963 e. The van der Waals surface area contributed by atoms with Crippen molar-refractivity contribution in [1.82, 2.24) is 0 Å². The van der Waals surface area contributed by atoms with Crippen LogP contribution in [0.2, 0.25) is 0 Å². The SMILES string of the molecule is CCC[C@@H](C#N)Sc1ccccc1. The molecule has 1 atom stereocenters. The minimum absolute atomic E-state index is 0.104. The van der Waals surface area contributed by atoms with Gasteiger partial charge in [0.1, 0.15) is 0 Å². The molecule has 1 rings (SSSR count). The van der Waals surface area contributed by atoms with Crippen LogP contribution < -0.4 is 0 Å². The van der Waals surface area contributed by atoms with Crippen molar-refractivity contribution >= 4 is 11.8 Å². The molecule has 2 heteroatoms. The summed E-state index contributed by atoms with van der Waals surface area (Å²) in [6.07, 6.45) is 2.04. The van der Waals surface area contributed by atoms with Crippen LogP contribution in [0.15, 0.2) is 35.2 Å². The average molecular weight is 191 g/mol. The quantitative estimate of drug-likeness (QED) is 0.680. The molecule has 0 fully saturated rings. The van der Waals surface area contributed by atoms with E-state index < -0.39 is 0 Å². The predicted octanol–water partition coefficient (Wildman–Crippen LogP) is 3.47. The van der Waals surface area contributed by atoms with Crippen LogP contribution in [0.4, 0.5) is 0 Å². The largest absolute Gasteiger partial charge is 0.197 e. The van der Waals surface area contributed by atoms with Crippen LogP contribution in [0.25, 0.3) is 0 Å². The normalized spacial score (nSPS) is 12.0. The Bertz CT molecular complexity index is 276. The first-order chi connectivity index (χ1) is 6.36. The Hall–Kier alpha value is -0.940. The second kappa shape index (κ2) is 5.66. The molecule has 0 amide bonds. The lowest BCUT2D eigenvalue weighted by molar-refractivity contribution is 0.834. The van der Waals surface area contributed by atoms with Crippen molar-refractivity contribution in [3.63, 3.8) is 0 Å². The van der Waals surface area contributed by atoms with Crippen molar-refractivity contribution in [2.24, 2.45) is 0 Å². The molecule has 1 aromatic rings. The van der Waals surface area contributed by atoms with Crippen molar-refractivity contribution in [2.45, 2.75) is 29.9 Å². The van der Waals surface area contributed by atoms with Crippen molar-refractivity contribution in [2.75, 3.05) is 0 Å². The van der Waals surface area contributed by atoms with E-state index in [2.05, 4.69) is 13.0 Å². The van der Waals surface area contributed by atoms with Gasteiger partial charge in [-0.25, -0.2) is 0 Å². The number of nitriles is 1. The van der Waals surface area contributed by atoms with Gasteiger partial charge in [0.25, 0.3) is 0 Å². The van der Waals surface area contributed by atoms with E-state index in [1.54, 1.807) is 11.8 Å². The van der Waals surface area contributed by atoms with Crippen LogP contribution in [0.1, 0.15) is 19.8 Å². The lowest BCUT2D eigenvalue weighted by atomic mass is 10.3. The van der Waals surface area contributed by atoms with Gasteiger partial charge >= 0.3 is 0 Å². The van der Waals surface area contributed by atoms with E-state index in [4.69, 9.17) is 5.26 Å². The second-order valence-electron chi connectivity index (χ2n) is 2.84. The minimum Gasteiger partial charge on any atom is -0.197 e. The zero-order valence-corrected chi connectivity index (χ0v) is 8.55. The molecule has 1 nitrogen and oxygen atoms in total. The molecule has 0 unspecified atom stereocenters. The number of hydrogen-bond donors (Lipinski definition) is 0. The molecule has 0 aliphatic rings. The fourth-order valence-corrected chi connectivity index (χ4v) is 2.12. The minimum atomic E-state index is 0.104. The third-order valence-corrected chi connectivity index (χ3v) is 2.89. The highest BCUT2D eigenvalue weighted by Crippen LogP contribution is 2.25. The first-order valence-corrected chi connectivity index (χ1v) is 5.36. The lowest BCUT2D eigenvalue weighted by Gasteiger charge is -2.06. The highest BCUT2D eigenvalue weighted by atomic mass is 32.2. The van der Waals surface area contributed by atoms with Crippen LogP contribution >= 0.6 is 11.8 Å². The van der Waals surface area contributed by atoms with Crippen molar-refractivity contribution < 1.29 is 0 Å². The maximum Gasteiger partial charge on any atom is 0.0963 e. The molecule has 1 aromatic carbocycles. The highest BCUT2D eigenvalue weighted by Gasteiger charge is 2.06. The fraction of sp³-hybridized carbons (Fsp3) is 0.364. The van der Waals surface area contributed by atoms with E-state index in [9.17, 15) is 0 Å². The summed E-state index contributed by atoms with van der Waals surface area (Å²) in [5.41, 5.74) is 0. The van der Waals surface area contributed by atoms with Gasteiger partial charge in [-0.15, -0.1) is 11.8 Å². The number of hydrogen-bond acceptors (Lipinski definition) is 2. The Morgan fingerprint density at radius 3 is 2.62 bits per heavy atom. The van der Waals surface area contributed by atoms with Crippen LogP contribution in [0, 0.1) is 11.3 Å². The van der Waals surface area contributed by atoms with E-state index in [1.165, 1.54) is 4.90 Å². The predicted molar refractivity (Wildman–Crippen MR) is 56.6 cm³/mol. The van der Waals surface area contributed by atoms with Gasteiger partial charge in [-0.1, -0.05) is 31.5 Å². The zero-order valence-electron chi connectivity index (χ0n) is 7.73. The molecule has 0 bridgehead atoms. The lowest BCUT2D eigenvalue weighted by Crippen LogP contribution is -1.96. The monoisotopic (exact) mass is 191 g/mol. The Kier molecular flexibility index (Phi) is 4.42. The maximum atomic E-state index is 8.85. The first-order valence-electron chi connectivity index (χ1n) is 4.48. The van der Waals surface area contributed by atoms with E-state index in [0.717, 1.165) is 12.8 Å². The van der Waals surface area contributed by atoms with E-state index >= 15 is 0 Å². The molecule has 0 spiro atoms. The fourth-order valence-electron chi connectivity index (χ4n) is 1.08. The molecule has 0 radical (unpaired) electrons. The summed E-state index contributed by atoms with van der Waals surface area (Å²) >= 11 is 1.65. The summed E-state index contributed by atoms with van der Waals surface area (Å²) in [4.78, 5) is 1.18. The van der Waals surface area contributed by atoms with E-state index in [0.29, 0.717) is 0 Å². The van der Waals surface area contributed by atoms with Crippen molar-refractivity contribution in [3.05, 3.63) is 30.3 Å². The number of nitrogens with zero attached hydrogens (tertiary/aromatic N) is 1. The summed E-state index contributed by atoms with van der Waals surface area (Å²) in [6.45, 7) is 2.11. The maximum absolute atomic E-state index is 8.85. The van der Waals surface area contributed by atoms with Crippen molar-refractivity contribution in [3.8, 4) is 6.07 Å². The van der Waals surface area contributed by atoms with Gasteiger partial charge in [-0.2, -0.15) is 5.26 Å². The summed E-state index contributed by atoms with van der Waals surface area (Å²) < 4.78 is 0. The van der Waals surface area contributed by atoms with Gasteiger partial charge in [0.15, 0.2) is 0 Å². The van der Waals surface area contributed by atoms with Crippen LogP contribution in [-0.2, 0) is 0 Å². The summed E-state index contributed by atoms with van der Waals surface area (Å²) in [7, 11) is 0. The number of benzene rings is 1. The first kappa shape index (κ1) is 10.1. The Morgan fingerprint density at radius 2 is 2.08 bits per heavy atom. The second-order valence-corrected chi connectivity index (χ2v) is 4.11. The summed E-state index contributed by atoms with van der Waals surface area (Å²) in [6, 6.07) is 12.4. The molecular formula is C11H13NS. The standard InChI is InChI=1S/C11H13NS/c1-2-6-11(9-12)13-10-7-4-3-5-8-10/h3-5,7-8,11H,2,6H2,1H3/t11-/m0/s1. The van der Waals surface area contributed by atoms with Gasteiger partial charge in [-0.3, -0.25) is 0 Å². The molecular weight excluding hydrogens is 178 g/mol. The Morgan fingerprint density at radius 1 is 1.38 bits per heavy atom. The third-order valence-electron chi connectivity index (χ3n) is 1.72. The molecule has 0 saturated carbocycles. The van der Waals surface area contributed by atoms with Crippen molar-refractivity contribution in [1.29, 1.82) is 5.26 Å². The molecule has 0 saturated heterocycles. The molecule has 0 aliphatic carbocycles. The van der Waals surface area contributed by atoms with E-state index in [-0.39, 0.29) is 5.25 Å². The average Bonchev–Trinajstić information content (AvgIpc) is 2.19. The van der Waals surface area contributed by atoms with E-state index in [1.807, 2.05) is 30.3 Å². The topological polar surface area (TPSA) is 23.8 Å². The highest BCUT2D eigenvalue weighted by molar-refractivity contribution is 8.00. The molecule has 0 aromatic heterocycles. The zero-order chi connectivity index (χ0) is 9.52. The van der Waals surface area contributed by atoms with Gasteiger partial charge in [0.05, 0.1) is 11.3 Å². The number of thioether (sulfide) groups is 1. The molecule has 13 heavy (non-hydrogen) atoms. The molecule has 0 N–H and O–H groups in total. The van der Waals surface area contributed by atoms with Gasteiger partial charge < -0.3 is 0 Å². The van der Waals surface area contributed by atoms with Crippen LogP contribution in [0.3, 0.4) is 0 Å². The van der Waals surface area contributed by atoms with Crippen LogP contribution in [-0.4, -0.2) is 5.25 Å². The van der Waals surface area contributed by atoms with Gasteiger partial charge in [0.2, 0.25) is 0 Å². The molecule has 68 valence electrons. The Labute approximate surface area is 83.8 Å². The van der Waals surface area contributed by atoms with Crippen LogP contribution in [0.5, 0.6) is 0 Å². The van der Waals surface area contributed by atoms with Gasteiger partial charge in [0, 0.05) is 4.90 Å². The summed E-state index contributed by atoms with van der Waals surface area (Å²) in [5.74, 6) is 0.